The third-order valence-corrected chi connectivity index (χ3v) is 5.65. The number of amides is 1. The number of nitrogens with zero attached hydrogens (tertiary/aromatic N) is 1. The molecular formula is C21H23N3O2. The fraction of sp³-hybridized carbons (Fsp3) is 0.333. The second-order valence-electron chi connectivity index (χ2n) is 7.46. The van der Waals surface area contributed by atoms with Gasteiger partial charge >= 0.3 is 0 Å². The van der Waals surface area contributed by atoms with Crippen molar-refractivity contribution in [2.75, 3.05) is 6.54 Å². The average molecular weight is 349 g/mol. The van der Waals surface area contributed by atoms with E-state index in [-0.39, 0.29) is 11.5 Å². The Morgan fingerprint density at radius 1 is 1.15 bits per heavy atom. The Balaban J connectivity index is 1.82. The van der Waals surface area contributed by atoms with Crippen LogP contribution in [-0.2, 0) is 17.3 Å². The summed E-state index contributed by atoms with van der Waals surface area (Å²) in [6.45, 7) is 4.52. The zero-order valence-corrected chi connectivity index (χ0v) is 15.3. The highest BCUT2D eigenvalue weighted by atomic mass is 16.2. The van der Waals surface area contributed by atoms with E-state index >= 15 is 0 Å². The van der Waals surface area contributed by atoms with Gasteiger partial charge in [0.1, 0.15) is 0 Å². The molecule has 5 heteroatoms. The van der Waals surface area contributed by atoms with Gasteiger partial charge in [-0.25, -0.2) is 0 Å². The number of aromatic nitrogens is 2. The van der Waals surface area contributed by atoms with Crippen molar-refractivity contribution >= 4 is 16.8 Å². The van der Waals surface area contributed by atoms with E-state index in [0.29, 0.717) is 18.5 Å². The molecule has 0 spiro atoms. The van der Waals surface area contributed by atoms with Crippen LogP contribution in [0, 0.1) is 6.92 Å². The smallest absolute Gasteiger partial charge is 0.252 e. The summed E-state index contributed by atoms with van der Waals surface area (Å²) in [6, 6.07) is 10.1. The molecule has 1 aliphatic rings. The van der Waals surface area contributed by atoms with Crippen LogP contribution in [0.2, 0.25) is 0 Å². The minimum Gasteiger partial charge on any atom is -0.355 e. The van der Waals surface area contributed by atoms with Crippen LogP contribution in [0.25, 0.3) is 22.2 Å². The van der Waals surface area contributed by atoms with Gasteiger partial charge in [0.25, 0.3) is 5.56 Å². The summed E-state index contributed by atoms with van der Waals surface area (Å²) in [5.41, 5.74) is 3.51. The Morgan fingerprint density at radius 3 is 2.73 bits per heavy atom. The molecule has 4 rings (SSSR count). The molecule has 1 aromatic carbocycles. The lowest BCUT2D eigenvalue weighted by molar-refractivity contribution is -0.128. The number of aryl methyl sites for hydroxylation is 2. The molecule has 3 aromatic rings. The van der Waals surface area contributed by atoms with Crippen LogP contribution < -0.4 is 10.9 Å². The maximum absolute atomic E-state index is 12.8. The highest BCUT2D eigenvalue weighted by Crippen LogP contribution is 2.32. The summed E-state index contributed by atoms with van der Waals surface area (Å²) in [5, 5.41) is 4.02. The number of fused-ring (bicyclic) bond motifs is 1. The Bertz CT molecular complexity index is 1080. The number of carbonyl (C=O) groups is 1. The Labute approximate surface area is 152 Å². The number of H-pyrrole nitrogens is 1. The average Bonchev–Trinajstić information content (AvgIpc) is 2.99. The van der Waals surface area contributed by atoms with Crippen LogP contribution in [0.4, 0.5) is 0 Å². The second kappa shape index (κ2) is 5.87. The van der Waals surface area contributed by atoms with E-state index in [0.717, 1.165) is 34.1 Å². The largest absolute Gasteiger partial charge is 0.355 e. The van der Waals surface area contributed by atoms with E-state index < -0.39 is 5.41 Å². The number of rotatable bonds is 2. The van der Waals surface area contributed by atoms with Crippen molar-refractivity contribution in [2.45, 2.75) is 32.1 Å². The molecule has 1 aliphatic heterocycles. The molecule has 1 amide bonds. The molecule has 1 unspecified atom stereocenters. The third-order valence-electron chi connectivity index (χ3n) is 5.65. The predicted octanol–water partition coefficient (Wildman–Crippen LogP) is 3.01. The van der Waals surface area contributed by atoms with Gasteiger partial charge in [-0.05, 0) is 62.1 Å². The van der Waals surface area contributed by atoms with E-state index in [1.165, 1.54) is 0 Å². The van der Waals surface area contributed by atoms with Gasteiger partial charge in [0, 0.05) is 36.3 Å². The summed E-state index contributed by atoms with van der Waals surface area (Å²) >= 11 is 0. The van der Waals surface area contributed by atoms with Crippen LogP contribution >= 0.6 is 0 Å². The Kier molecular flexibility index (Phi) is 3.75. The zero-order chi connectivity index (χ0) is 18.5. The van der Waals surface area contributed by atoms with Crippen molar-refractivity contribution in [3.63, 3.8) is 0 Å². The number of hydrogen-bond acceptors (Lipinski definition) is 2. The molecule has 1 saturated heterocycles. The first-order chi connectivity index (χ1) is 12.4. The fourth-order valence-corrected chi connectivity index (χ4v) is 3.99. The number of piperidine rings is 1. The van der Waals surface area contributed by atoms with Crippen molar-refractivity contribution < 1.29 is 4.79 Å². The minimum absolute atomic E-state index is 0.0629. The van der Waals surface area contributed by atoms with Gasteiger partial charge in [0.15, 0.2) is 0 Å². The predicted molar refractivity (Wildman–Crippen MR) is 103 cm³/mol. The lowest BCUT2D eigenvalue weighted by Crippen LogP contribution is -2.49. The van der Waals surface area contributed by atoms with Crippen molar-refractivity contribution in [1.82, 2.24) is 14.9 Å². The van der Waals surface area contributed by atoms with Crippen LogP contribution in [-0.4, -0.2) is 22.0 Å². The quantitative estimate of drug-likeness (QED) is 0.747. The van der Waals surface area contributed by atoms with Crippen LogP contribution in [0.1, 0.15) is 30.9 Å². The van der Waals surface area contributed by atoms with Crippen LogP contribution in [0.5, 0.6) is 0 Å². The van der Waals surface area contributed by atoms with E-state index in [1.54, 1.807) is 0 Å². The molecule has 5 nitrogen and oxygen atoms in total. The fourth-order valence-electron chi connectivity index (χ4n) is 3.99. The highest BCUT2D eigenvalue weighted by molar-refractivity contribution is 5.89. The van der Waals surface area contributed by atoms with Gasteiger partial charge in [-0.15, -0.1) is 0 Å². The molecule has 26 heavy (non-hydrogen) atoms. The molecule has 3 heterocycles. The van der Waals surface area contributed by atoms with Gasteiger partial charge < -0.3 is 14.9 Å². The van der Waals surface area contributed by atoms with Crippen molar-refractivity contribution in [1.29, 1.82) is 0 Å². The molecule has 0 saturated carbocycles. The number of carbonyl (C=O) groups excluding carboxylic acids is 1. The SMILES string of the molecule is Cc1cc(C2(C)CCCNC2=O)c(=O)[nH]c1-c1ccc2c(ccn2C)c1. The summed E-state index contributed by atoms with van der Waals surface area (Å²) < 4.78 is 2.07. The lowest BCUT2D eigenvalue weighted by Gasteiger charge is -2.32. The maximum Gasteiger partial charge on any atom is 0.252 e. The number of nitrogens with one attached hydrogen (secondary N) is 2. The molecule has 1 fully saturated rings. The summed E-state index contributed by atoms with van der Waals surface area (Å²) in [6.07, 6.45) is 3.60. The van der Waals surface area contributed by atoms with Crippen molar-refractivity contribution in [3.8, 4) is 11.3 Å². The summed E-state index contributed by atoms with van der Waals surface area (Å²) in [7, 11) is 2.01. The van der Waals surface area contributed by atoms with Gasteiger partial charge in [0.05, 0.1) is 11.1 Å². The summed E-state index contributed by atoms with van der Waals surface area (Å²) in [4.78, 5) is 28.3. The minimum atomic E-state index is -0.765. The topological polar surface area (TPSA) is 66.9 Å². The van der Waals surface area contributed by atoms with E-state index in [4.69, 9.17) is 0 Å². The molecular weight excluding hydrogens is 326 g/mol. The number of benzene rings is 1. The van der Waals surface area contributed by atoms with Crippen molar-refractivity contribution in [2.24, 2.45) is 7.05 Å². The van der Waals surface area contributed by atoms with Crippen molar-refractivity contribution in [3.05, 3.63) is 58.0 Å². The van der Waals surface area contributed by atoms with Gasteiger partial charge in [0.2, 0.25) is 5.91 Å². The van der Waals surface area contributed by atoms with E-state index in [9.17, 15) is 9.59 Å². The first kappa shape index (κ1) is 16.6. The van der Waals surface area contributed by atoms with Crippen LogP contribution in [0.3, 0.4) is 0 Å². The van der Waals surface area contributed by atoms with Crippen LogP contribution in [0.15, 0.2) is 41.3 Å². The highest BCUT2D eigenvalue weighted by Gasteiger charge is 2.39. The zero-order valence-electron chi connectivity index (χ0n) is 15.3. The molecule has 2 N–H and O–H groups in total. The molecule has 0 radical (unpaired) electrons. The standard InChI is InChI=1S/C21H23N3O2/c1-13-11-16(21(2)8-4-9-22-20(21)26)19(25)23-18(13)15-5-6-17-14(12-15)7-10-24(17)3/h5-7,10-12H,4,8-9H2,1-3H3,(H,22,26)(H,23,25). The number of pyridine rings is 1. The second-order valence-corrected chi connectivity index (χ2v) is 7.46. The van der Waals surface area contributed by atoms with E-state index in [2.05, 4.69) is 33.1 Å². The third kappa shape index (κ3) is 2.46. The Morgan fingerprint density at radius 2 is 1.96 bits per heavy atom. The van der Waals surface area contributed by atoms with Gasteiger partial charge in [-0.2, -0.15) is 0 Å². The van der Waals surface area contributed by atoms with Gasteiger partial charge in [-0.3, -0.25) is 9.59 Å². The first-order valence-corrected chi connectivity index (χ1v) is 8.98. The first-order valence-electron chi connectivity index (χ1n) is 8.98. The molecule has 2 aromatic heterocycles. The molecule has 0 aliphatic carbocycles. The summed E-state index contributed by atoms with van der Waals surface area (Å²) in [5.74, 6) is -0.0629. The lowest BCUT2D eigenvalue weighted by atomic mass is 9.76. The number of hydrogen-bond donors (Lipinski definition) is 2. The monoisotopic (exact) mass is 349 g/mol. The maximum atomic E-state index is 12.8. The molecule has 134 valence electrons. The van der Waals surface area contributed by atoms with Gasteiger partial charge in [-0.1, -0.05) is 6.07 Å². The molecule has 0 bridgehead atoms. The van der Waals surface area contributed by atoms with E-state index in [1.807, 2.05) is 39.2 Å². The normalized spacial score (nSPS) is 20.3. The number of aromatic amines is 1. The molecule has 1 atom stereocenters. The Hall–Kier alpha value is -2.82.